The normalized spacial score (nSPS) is 11.3. The summed E-state index contributed by atoms with van der Waals surface area (Å²) < 4.78 is 33.1. The Hall–Kier alpha value is -3.66. The third-order valence-corrected chi connectivity index (χ3v) is 7.23. The first-order valence-electron chi connectivity index (χ1n) is 11.7. The molecule has 0 spiro atoms. The lowest BCUT2D eigenvalue weighted by atomic mass is 10.2. The lowest BCUT2D eigenvalue weighted by molar-refractivity contribution is -0.123. The fraction of sp³-hybridized carbons (Fsp3) is 0.185. The maximum absolute atomic E-state index is 12.5. The van der Waals surface area contributed by atoms with Gasteiger partial charge in [0, 0.05) is 41.9 Å². The number of hydrogen-bond donors (Lipinski definition) is 3. The van der Waals surface area contributed by atoms with Crippen molar-refractivity contribution in [3.8, 4) is 5.75 Å². The molecule has 0 fully saturated rings. The van der Waals surface area contributed by atoms with Crippen molar-refractivity contribution in [1.82, 2.24) is 15.0 Å². The second-order valence-electron chi connectivity index (χ2n) is 8.19. The molecular weight excluding hydrogens is 512 g/mol. The maximum atomic E-state index is 12.5. The van der Waals surface area contributed by atoms with E-state index in [0.717, 1.165) is 22.2 Å². The van der Waals surface area contributed by atoms with Crippen LogP contribution in [0, 0.1) is 0 Å². The summed E-state index contributed by atoms with van der Waals surface area (Å²) in [7, 11) is -3.63. The summed E-state index contributed by atoms with van der Waals surface area (Å²) in [6, 6.07) is 23.0. The van der Waals surface area contributed by atoms with E-state index in [1.165, 1.54) is 24.3 Å². The van der Waals surface area contributed by atoms with Crippen LogP contribution < -0.4 is 20.1 Å². The van der Waals surface area contributed by atoms with Crippen LogP contribution in [0.25, 0.3) is 10.9 Å². The fourth-order valence-electron chi connectivity index (χ4n) is 3.65. The summed E-state index contributed by atoms with van der Waals surface area (Å²) in [4.78, 5) is 16.6. The van der Waals surface area contributed by atoms with E-state index in [-0.39, 0.29) is 17.4 Å². The quantitative estimate of drug-likeness (QED) is 0.235. The number of sulfonamides is 1. The highest BCUT2D eigenvalue weighted by atomic mass is 35.5. The van der Waals surface area contributed by atoms with E-state index in [0.29, 0.717) is 36.8 Å². The van der Waals surface area contributed by atoms with Gasteiger partial charge in [0.1, 0.15) is 5.75 Å². The minimum absolute atomic E-state index is 0.134. The van der Waals surface area contributed by atoms with Gasteiger partial charge in [0.15, 0.2) is 6.61 Å². The van der Waals surface area contributed by atoms with Crippen molar-refractivity contribution in [2.24, 2.45) is 0 Å². The van der Waals surface area contributed by atoms with E-state index in [1.54, 1.807) is 18.3 Å². The molecule has 0 atom stereocenters. The van der Waals surface area contributed by atoms with Gasteiger partial charge in [-0.2, -0.15) is 0 Å². The largest absolute Gasteiger partial charge is 0.484 e. The summed E-state index contributed by atoms with van der Waals surface area (Å²) in [6.45, 7) is 1.02. The number of anilines is 1. The Bertz CT molecular complexity index is 1450. The molecule has 0 saturated heterocycles. The lowest BCUT2D eigenvalue weighted by Gasteiger charge is -2.11. The zero-order valence-electron chi connectivity index (χ0n) is 20.0. The molecule has 0 saturated carbocycles. The minimum atomic E-state index is -3.63. The predicted octanol–water partition coefficient (Wildman–Crippen LogP) is 4.02. The van der Waals surface area contributed by atoms with Crippen molar-refractivity contribution in [3.05, 3.63) is 95.6 Å². The number of ether oxygens (including phenoxy) is 1. The monoisotopic (exact) mass is 538 g/mol. The molecule has 4 rings (SSSR count). The van der Waals surface area contributed by atoms with Gasteiger partial charge in [0.2, 0.25) is 10.0 Å². The van der Waals surface area contributed by atoms with E-state index in [9.17, 15) is 13.2 Å². The molecular formula is C27H27ClN4O4S. The highest BCUT2D eigenvalue weighted by molar-refractivity contribution is 7.89. The van der Waals surface area contributed by atoms with Gasteiger partial charge in [-0.1, -0.05) is 41.9 Å². The molecule has 8 nitrogen and oxygen atoms in total. The molecule has 1 amide bonds. The highest BCUT2D eigenvalue weighted by Crippen LogP contribution is 2.24. The van der Waals surface area contributed by atoms with Gasteiger partial charge in [-0.05, 0) is 60.5 Å². The van der Waals surface area contributed by atoms with Crippen molar-refractivity contribution in [2.75, 3.05) is 31.6 Å². The number of rotatable bonds is 12. The number of fused-ring (bicyclic) bond motifs is 1. The zero-order valence-corrected chi connectivity index (χ0v) is 21.6. The van der Waals surface area contributed by atoms with Crippen LogP contribution in [-0.4, -0.2) is 45.6 Å². The van der Waals surface area contributed by atoms with Gasteiger partial charge in [-0.15, -0.1) is 0 Å². The Morgan fingerprint density at radius 3 is 2.49 bits per heavy atom. The number of halogens is 1. The fourth-order valence-corrected chi connectivity index (χ4v) is 4.85. The van der Waals surface area contributed by atoms with Crippen LogP contribution in [0.4, 0.5) is 5.69 Å². The van der Waals surface area contributed by atoms with E-state index < -0.39 is 10.0 Å². The number of hydrogen-bond acceptors (Lipinski definition) is 6. The third-order valence-electron chi connectivity index (χ3n) is 5.52. The number of nitrogens with zero attached hydrogens (tertiary/aromatic N) is 1. The number of pyridine rings is 1. The van der Waals surface area contributed by atoms with Crippen molar-refractivity contribution >= 4 is 44.1 Å². The van der Waals surface area contributed by atoms with Gasteiger partial charge in [-0.25, -0.2) is 13.1 Å². The molecule has 0 aliphatic rings. The van der Waals surface area contributed by atoms with Crippen molar-refractivity contribution in [1.29, 1.82) is 0 Å². The SMILES string of the molecule is O=C(COc1ccc(S(=O)(=O)NCCc2ccccc2)cc1)NCCNc1ccnc2cc(Cl)ccc12. The molecule has 192 valence electrons. The highest BCUT2D eigenvalue weighted by Gasteiger charge is 2.13. The van der Waals surface area contributed by atoms with Gasteiger partial charge >= 0.3 is 0 Å². The van der Waals surface area contributed by atoms with Crippen LogP contribution >= 0.6 is 11.6 Å². The van der Waals surface area contributed by atoms with Crippen molar-refractivity contribution in [3.63, 3.8) is 0 Å². The Morgan fingerprint density at radius 1 is 0.919 bits per heavy atom. The second-order valence-corrected chi connectivity index (χ2v) is 10.4. The first-order valence-corrected chi connectivity index (χ1v) is 13.6. The summed E-state index contributed by atoms with van der Waals surface area (Å²) in [5.41, 5.74) is 2.74. The van der Waals surface area contributed by atoms with Crippen molar-refractivity contribution < 1.29 is 17.9 Å². The Labute approximate surface area is 221 Å². The standard InChI is InChI=1S/C27H27ClN4O4S/c28-21-6-11-24-25(13-14-29-26(24)18-21)30-16-17-31-27(33)19-36-22-7-9-23(10-8-22)37(34,35)32-15-12-20-4-2-1-3-5-20/h1-11,13-14,18,32H,12,15-17,19H2,(H,29,30)(H,31,33). The van der Waals surface area contributed by atoms with E-state index >= 15 is 0 Å². The number of carbonyl (C=O) groups excluding carboxylic acids is 1. The maximum Gasteiger partial charge on any atom is 0.258 e. The third kappa shape index (κ3) is 7.66. The van der Waals surface area contributed by atoms with E-state index in [2.05, 4.69) is 20.3 Å². The summed E-state index contributed by atoms with van der Waals surface area (Å²) in [5.74, 6) is 0.117. The smallest absolute Gasteiger partial charge is 0.258 e. The molecule has 0 aliphatic carbocycles. The van der Waals surface area contributed by atoms with Crippen LogP contribution in [0.1, 0.15) is 5.56 Å². The van der Waals surface area contributed by atoms with Crippen LogP contribution in [0.2, 0.25) is 5.02 Å². The average Bonchev–Trinajstić information content (AvgIpc) is 2.90. The van der Waals surface area contributed by atoms with Crippen LogP contribution in [0.15, 0.2) is 90.0 Å². The van der Waals surface area contributed by atoms with Crippen molar-refractivity contribution in [2.45, 2.75) is 11.3 Å². The Balaban J connectivity index is 1.18. The average molecular weight is 539 g/mol. The zero-order chi connectivity index (χ0) is 26.1. The molecule has 10 heteroatoms. The molecule has 3 aromatic carbocycles. The molecule has 1 aromatic heterocycles. The van der Waals surface area contributed by atoms with Crippen LogP contribution in [0.3, 0.4) is 0 Å². The topological polar surface area (TPSA) is 109 Å². The van der Waals surface area contributed by atoms with Crippen LogP contribution in [0.5, 0.6) is 5.75 Å². The Kier molecular flexibility index (Phi) is 8.95. The summed E-state index contributed by atoms with van der Waals surface area (Å²) in [5, 5.41) is 7.63. The minimum Gasteiger partial charge on any atom is -0.484 e. The first-order chi connectivity index (χ1) is 17.9. The van der Waals surface area contributed by atoms with Gasteiger partial charge in [-0.3, -0.25) is 9.78 Å². The molecule has 1 heterocycles. The summed E-state index contributed by atoms with van der Waals surface area (Å²) >= 11 is 6.02. The number of amides is 1. The van der Waals surface area contributed by atoms with Gasteiger partial charge in [0.05, 0.1) is 10.4 Å². The molecule has 0 bridgehead atoms. The Morgan fingerprint density at radius 2 is 1.70 bits per heavy atom. The number of benzene rings is 3. The predicted molar refractivity (Wildman–Crippen MR) is 146 cm³/mol. The summed E-state index contributed by atoms with van der Waals surface area (Å²) in [6.07, 6.45) is 2.30. The lowest BCUT2D eigenvalue weighted by Crippen LogP contribution is -2.32. The molecule has 3 N–H and O–H groups in total. The number of carbonyl (C=O) groups is 1. The second kappa shape index (κ2) is 12.5. The van der Waals surface area contributed by atoms with Gasteiger partial charge in [0.25, 0.3) is 5.91 Å². The van der Waals surface area contributed by atoms with E-state index in [4.69, 9.17) is 16.3 Å². The molecule has 4 aromatic rings. The molecule has 37 heavy (non-hydrogen) atoms. The number of nitrogens with one attached hydrogen (secondary N) is 3. The van der Waals surface area contributed by atoms with Crippen LogP contribution in [-0.2, 0) is 21.2 Å². The molecule has 0 aliphatic heterocycles. The molecule has 0 unspecified atom stereocenters. The van der Waals surface area contributed by atoms with E-state index in [1.807, 2.05) is 42.5 Å². The first kappa shape index (κ1) is 26.4. The number of aromatic nitrogens is 1. The van der Waals surface area contributed by atoms with Gasteiger partial charge < -0.3 is 15.4 Å². The molecule has 0 radical (unpaired) electrons.